The monoisotopic (exact) mass is 342 g/mol. The normalized spacial score (nSPS) is 19.8. The van der Waals surface area contributed by atoms with E-state index in [9.17, 15) is 0 Å². The zero-order chi connectivity index (χ0) is 16.8. The molecule has 2 atom stereocenters. The SMILES string of the molecule is CCNC(=NCCc1ccc(Cl)nc1)NC1CC1c1ccccc1. The van der Waals surface area contributed by atoms with Gasteiger partial charge >= 0.3 is 0 Å². The number of nitrogens with one attached hydrogen (secondary N) is 2. The van der Waals surface area contributed by atoms with Gasteiger partial charge in [0.05, 0.1) is 0 Å². The van der Waals surface area contributed by atoms with Crippen molar-refractivity contribution in [3.05, 3.63) is 64.9 Å². The predicted octanol–water partition coefficient (Wildman–Crippen LogP) is 3.39. The third-order valence-electron chi connectivity index (χ3n) is 4.14. The van der Waals surface area contributed by atoms with Crippen molar-refractivity contribution in [2.75, 3.05) is 13.1 Å². The molecule has 0 spiro atoms. The van der Waals surface area contributed by atoms with Crippen molar-refractivity contribution in [1.82, 2.24) is 15.6 Å². The molecule has 1 aromatic carbocycles. The second-order valence-corrected chi connectivity index (χ2v) is 6.39. The van der Waals surface area contributed by atoms with E-state index in [1.165, 1.54) is 5.56 Å². The lowest BCUT2D eigenvalue weighted by atomic mass is 10.1. The molecule has 2 N–H and O–H groups in total. The van der Waals surface area contributed by atoms with Crippen molar-refractivity contribution in [3.8, 4) is 0 Å². The number of aliphatic imine (C=N–C) groups is 1. The first-order chi connectivity index (χ1) is 11.8. The van der Waals surface area contributed by atoms with Crippen LogP contribution in [0.5, 0.6) is 0 Å². The van der Waals surface area contributed by atoms with Crippen molar-refractivity contribution in [2.24, 2.45) is 4.99 Å². The summed E-state index contributed by atoms with van der Waals surface area (Å²) in [4.78, 5) is 8.77. The number of hydrogen-bond acceptors (Lipinski definition) is 2. The molecule has 0 aliphatic heterocycles. The molecular weight excluding hydrogens is 320 g/mol. The molecule has 1 aliphatic carbocycles. The molecule has 1 heterocycles. The van der Waals surface area contributed by atoms with E-state index in [0.29, 0.717) is 17.1 Å². The van der Waals surface area contributed by atoms with Gasteiger partial charge in [0.2, 0.25) is 0 Å². The van der Waals surface area contributed by atoms with Gasteiger partial charge in [0.1, 0.15) is 5.15 Å². The third kappa shape index (κ3) is 4.71. The van der Waals surface area contributed by atoms with Crippen LogP contribution in [0.15, 0.2) is 53.7 Å². The highest BCUT2D eigenvalue weighted by atomic mass is 35.5. The standard InChI is InChI=1S/C19H23ClN4/c1-2-21-19(22-11-10-14-8-9-18(20)23-13-14)24-17-12-16(17)15-6-4-3-5-7-15/h3-9,13,16-17H,2,10-12H2,1H3,(H2,21,22,24). The minimum Gasteiger partial charge on any atom is -0.357 e. The van der Waals surface area contributed by atoms with Crippen LogP contribution in [0.1, 0.15) is 30.4 Å². The Kier molecular flexibility index (Phi) is 5.70. The van der Waals surface area contributed by atoms with E-state index in [1.807, 2.05) is 18.3 Å². The van der Waals surface area contributed by atoms with E-state index in [0.717, 1.165) is 37.5 Å². The highest BCUT2D eigenvalue weighted by Gasteiger charge is 2.38. The second kappa shape index (κ2) is 8.15. The van der Waals surface area contributed by atoms with Crippen LogP contribution in [0.3, 0.4) is 0 Å². The van der Waals surface area contributed by atoms with Crippen molar-refractivity contribution in [2.45, 2.75) is 31.7 Å². The summed E-state index contributed by atoms with van der Waals surface area (Å²) in [5.74, 6) is 1.48. The summed E-state index contributed by atoms with van der Waals surface area (Å²) in [7, 11) is 0. The van der Waals surface area contributed by atoms with Crippen molar-refractivity contribution < 1.29 is 0 Å². The number of rotatable bonds is 6. The molecule has 0 amide bonds. The zero-order valence-corrected chi connectivity index (χ0v) is 14.6. The molecule has 3 rings (SSSR count). The smallest absolute Gasteiger partial charge is 0.191 e. The van der Waals surface area contributed by atoms with Gasteiger partial charge in [-0.15, -0.1) is 0 Å². The summed E-state index contributed by atoms with van der Waals surface area (Å²) in [6.07, 6.45) is 3.83. The maximum Gasteiger partial charge on any atom is 0.191 e. The molecule has 1 aromatic heterocycles. The first-order valence-electron chi connectivity index (χ1n) is 8.46. The summed E-state index contributed by atoms with van der Waals surface area (Å²) >= 11 is 5.81. The van der Waals surface area contributed by atoms with E-state index in [2.05, 4.69) is 57.9 Å². The molecule has 1 saturated carbocycles. The van der Waals surface area contributed by atoms with Crippen LogP contribution < -0.4 is 10.6 Å². The van der Waals surface area contributed by atoms with Crippen molar-refractivity contribution in [1.29, 1.82) is 0 Å². The summed E-state index contributed by atoms with van der Waals surface area (Å²) in [5.41, 5.74) is 2.55. The molecule has 5 heteroatoms. The Morgan fingerprint density at radius 2 is 2.08 bits per heavy atom. The zero-order valence-electron chi connectivity index (χ0n) is 13.9. The molecule has 1 fully saturated rings. The fourth-order valence-electron chi connectivity index (χ4n) is 2.77. The molecule has 0 bridgehead atoms. The van der Waals surface area contributed by atoms with Crippen LogP contribution in [0.2, 0.25) is 5.15 Å². The van der Waals surface area contributed by atoms with E-state index in [-0.39, 0.29) is 0 Å². The fraction of sp³-hybridized carbons (Fsp3) is 0.368. The first kappa shape index (κ1) is 16.8. The Bertz CT molecular complexity index is 670. The largest absolute Gasteiger partial charge is 0.357 e. The minimum atomic E-state index is 0.474. The van der Waals surface area contributed by atoms with Crippen LogP contribution in [0, 0.1) is 0 Å². The lowest BCUT2D eigenvalue weighted by molar-refractivity contribution is 0.792. The van der Waals surface area contributed by atoms with Crippen LogP contribution >= 0.6 is 11.6 Å². The van der Waals surface area contributed by atoms with Gasteiger partial charge in [-0.2, -0.15) is 0 Å². The van der Waals surface area contributed by atoms with E-state index in [4.69, 9.17) is 11.6 Å². The van der Waals surface area contributed by atoms with Crippen LogP contribution in [-0.4, -0.2) is 30.1 Å². The van der Waals surface area contributed by atoms with Gasteiger partial charge in [-0.25, -0.2) is 4.98 Å². The molecule has 2 unspecified atom stereocenters. The number of benzene rings is 1. The predicted molar refractivity (Wildman–Crippen MR) is 99.7 cm³/mol. The molecule has 2 aromatic rings. The van der Waals surface area contributed by atoms with E-state index in [1.54, 1.807) is 0 Å². The third-order valence-corrected chi connectivity index (χ3v) is 4.37. The van der Waals surface area contributed by atoms with Gasteiger partial charge in [0, 0.05) is 31.2 Å². The molecule has 0 radical (unpaired) electrons. The second-order valence-electron chi connectivity index (χ2n) is 6.00. The lowest BCUT2D eigenvalue weighted by Gasteiger charge is -2.11. The average molecular weight is 343 g/mol. The van der Waals surface area contributed by atoms with Gasteiger partial charge in [0.15, 0.2) is 5.96 Å². The quantitative estimate of drug-likeness (QED) is 0.480. The van der Waals surface area contributed by atoms with Crippen LogP contribution in [0.25, 0.3) is 0 Å². The number of halogens is 1. The maximum absolute atomic E-state index is 5.81. The number of aromatic nitrogens is 1. The number of nitrogens with zero attached hydrogens (tertiary/aromatic N) is 2. The minimum absolute atomic E-state index is 0.474. The van der Waals surface area contributed by atoms with Gasteiger partial charge in [-0.3, -0.25) is 4.99 Å². The molecule has 1 aliphatic rings. The van der Waals surface area contributed by atoms with Crippen LogP contribution in [-0.2, 0) is 6.42 Å². The molecule has 24 heavy (non-hydrogen) atoms. The van der Waals surface area contributed by atoms with Gasteiger partial charge in [-0.05, 0) is 37.0 Å². The Labute approximate surface area is 148 Å². The summed E-state index contributed by atoms with van der Waals surface area (Å²) in [6, 6.07) is 15.0. The Morgan fingerprint density at radius 1 is 1.25 bits per heavy atom. The van der Waals surface area contributed by atoms with Gasteiger partial charge in [-0.1, -0.05) is 48.0 Å². The topological polar surface area (TPSA) is 49.3 Å². The highest BCUT2D eigenvalue weighted by Crippen LogP contribution is 2.40. The van der Waals surface area contributed by atoms with Gasteiger partial charge in [0.25, 0.3) is 0 Å². The van der Waals surface area contributed by atoms with E-state index >= 15 is 0 Å². The van der Waals surface area contributed by atoms with E-state index < -0.39 is 0 Å². The van der Waals surface area contributed by atoms with Gasteiger partial charge < -0.3 is 10.6 Å². The van der Waals surface area contributed by atoms with Crippen molar-refractivity contribution in [3.63, 3.8) is 0 Å². The highest BCUT2D eigenvalue weighted by molar-refractivity contribution is 6.29. The summed E-state index contributed by atoms with van der Waals surface area (Å²) in [5, 5.41) is 7.39. The number of hydrogen-bond donors (Lipinski definition) is 2. The lowest BCUT2D eigenvalue weighted by Crippen LogP contribution is -2.39. The molecule has 126 valence electrons. The van der Waals surface area contributed by atoms with Crippen molar-refractivity contribution >= 4 is 17.6 Å². The Hall–Kier alpha value is -2.07. The summed E-state index contributed by atoms with van der Waals surface area (Å²) in [6.45, 7) is 3.67. The maximum atomic E-state index is 5.81. The molecular formula is C19H23ClN4. The summed E-state index contributed by atoms with van der Waals surface area (Å²) < 4.78 is 0. The Morgan fingerprint density at radius 3 is 2.79 bits per heavy atom. The fourth-order valence-corrected chi connectivity index (χ4v) is 2.88. The van der Waals surface area contributed by atoms with Crippen LogP contribution in [0.4, 0.5) is 0 Å². The first-order valence-corrected chi connectivity index (χ1v) is 8.84. The average Bonchev–Trinajstić information content (AvgIpc) is 3.37. The number of guanidine groups is 1. The number of pyridine rings is 1. The Balaban J connectivity index is 1.52. The molecule has 4 nitrogen and oxygen atoms in total. The molecule has 0 saturated heterocycles.